The first kappa shape index (κ1) is 23.2. The second kappa shape index (κ2) is 10.3. The van der Waals surface area contributed by atoms with Crippen molar-refractivity contribution in [3.63, 3.8) is 0 Å². The number of hydrogen-bond donors (Lipinski definition) is 0. The lowest BCUT2D eigenvalue weighted by atomic mass is 9.75. The van der Waals surface area contributed by atoms with Gasteiger partial charge < -0.3 is 9.64 Å². The average Bonchev–Trinajstić information content (AvgIpc) is 3.22. The number of aromatic nitrogens is 1. The molecule has 2 aliphatic carbocycles. The molecule has 2 aliphatic rings. The fourth-order valence-electron chi connectivity index (χ4n) is 4.97. The lowest BCUT2D eigenvalue weighted by Crippen LogP contribution is -2.38. The SMILES string of the molecule is CN(CC1CCC(C(=O)CC2CCC(c3nccs3)CC2)CC1)C(=O)OC(C)(C)C. The Balaban J connectivity index is 1.36. The van der Waals surface area contributed by atoms with Crippen LogP contribution in [0.25, 0.3) is 0 Å². The predicted molar refractivity (Wildman–Crippen MR) is 121 cm³/mol. The number of rotatable bonds is 6. The molecule has 0 aromatic carbocycles. The molecule has 0 spiro atoms. The van der Waals surface area contributed by atoms with E-state index in [-0.39, 0.29) is 12.0 Å². The molecule has 0 radical (unpaired) electrons. The maximum atomic E-state index is 12.9. The Morgan fingerprint density at radius 2 is 1.70 bits per heavy atom. The van der Waals surface area contributed by atoms with Crippen molar-refractivity contribution in [1.82, 2.24) is 9.88 Å². The van der Waals surface area contributed by atoms with Gasteiger partial charge in [0.15, 0.2) is 0 Å². The zero-order valence-electron chi connectivity index (χ0n) is 19.1. The summed E-state index contributed by atoms with van der Waals surface area (Å²) in [6, 6.07) is 0. The van der Waals surface area contributed by atoms with Gasteiger partial charge in [-0.3, -0.25) is 4.79 Å². The summed E-state index contributed by atoms with van der Waals surface area (Å²) in [7, 11) is 1.81. The molecule has 2 saturated carbocycles. The molecule has 30 heavy (non-hydrogen) atoms. The van der Waals surface area contributed by atoms with Gasteiger partial charge in [0, 0.05) is 43.4 Å². The number of carbonyl (C=O) groups excluding carboxylic acids is 2. The minimum Gasteiger partial charge on any atom is -0.444 e. The molecule has 168 valence electrons. The van der Waals surface area contributed by atoms with Crippen LogP contribution in [0.5, 0.6) is 0 Å². The van der Waals surface area contributed by atoms with Crippen molar-refractivity contribution >= 4 is 23.2 Å². The van der Waals surface area contributed by atoms with E-state index in [2.05, 4.69) is 10.4 Å². The summed E-state index contributed by atoms with van der Waals surface area (Å²) in [5.41, 5.74) is -0.463. The highest BCUT2D eigenvalue weighted by atomic mass is 32.1. The largest absolute Gasteiger partial charge is 0.444 e. The van der Waals surface area contributed by atoms with E-state index < -0.39 is 5.60 Å². The second-order valence-electron chi connectivity index (χ2n) is 10.3. The van der Waals surface area contributed by atoms with Crippen LogP contribution < -0.4 is 0 Å². The van der Waals surface area contributed by atoms with E-state index in [0.29, 0.717) is 23.5 Å². The Kier molecular flexibility index (Phi) is 7.94. The second-order valence-corrected chi connectivity index (χ2v) is 11.3. The molecule has 0 N–H and O–H groups in total. The van der Waals surface area contributed by atoms with Crippen molar-refractivity contribution in [2.45, 2.75) is 90.1 Å². The summed E-state index contributed by atoms with van der Waals surface area (Å²) < 4.78 is 5.45. The lowest BCUT2D eigenvalue weighted by Gasteiger charge is -2.33. The first-order valence-corrected chi connectivity index (χ1v) is 12.5. The van der Waals surface area contributed by atoms with Gasteiger partial charge in [-0.2, -0.15) is 0 Å². The van der Waals surface area contributed by atoms with Crippen LogP contribution in [0, 0.1) is 17.8 Å². The van der Waals surface area contributed by atoms with Crippen molar-refractivity contribution in [2.24, 2.45) is 17.8 Å². The highest BCUT2D eigenvalue weighted by Gasteiger charge is 2.31. The molecule has 3 rings (SSSR count). The third-order valence-electron chi connectivity index (χ3n) is 6.68. The minimum absolute atomic E-state index is 0.227. The van der Waals surface area contributed by atoms with Gasteiger partial charge in [0.1, 0.15) is 11.4 Å². The number of ether oxygens (including phenoxy) is 1. The standard InChI is InChI=1S/C24H38N2O3S/c1-24(2,3)29-23(28)26(4)16-18-7-9-19(10-8-18)21(27)15-17-5-11-20(12-6-17)22-25-13-14-30-22/h13-14,17-20H,5-12,15-16H2,1-4H3. The maximum Gasteiger partial charge on any atom is 0.410 e. The predicted octanol–water partition coefficient (Wildman–Crippen LogP) is 6.05. The highest BCUT2D eigenvalue weighted by molar-refractivity contribution is 7.09. The summed E-state index contributed by atoms with van der Waals surface area (Å²) in [6.45, 7) is 6.39. The van der Waals surface area contributed by atoms with E-state index in [4.69, 9.17) is 4.74 Å². The summed E-state index contributed by atoms with van der Waals surface area (Å²) >= 11 is 1.77. The van der Waals surface area contributed by atoms with Gasteiger partial charge in [-0.1, -0.05) is 0 Å². The molecule has 0 atom stereocenters. The molecule has 1 aromatic rings. The van der Waals surface area contributed by atoms with E-state index in [1.54, 1.807) is 16.2 Å². The molecule has 0 saturated heterocycles. The van der Waals surface area contributed by atoms with E-state index >= 15 is 0 Å². The molecule has 1 heterocycles. The van der Waals surface area contributed by atoms with Crippen LogP contribution in [-0.2, 0) is 9.53 Å². The van der Waals surface area contributed by atoms with E-state index in [0.717, 1.165) is 51.5 Å². The highest BCUT2D eigenvalue weighted by Crippen LogP contribution is 2.39. The first-order valence-electron chi connectivity index (χ1n) is 11.6. The van der Waals surface area contributed by atoms with Gasteiger partial charge in [0.2, 0.25) is 0 Å². The number of ketones is 1. The number of carbonyl (C=O) groups is 2. The normalized spacial score (nSPS) is 27.5. The minimum atomic E-state index is -0.463. The van der Waals surface area contributed by atoms with Crippen LogP contribution in [0.2, 0.25) is 0 Å². The monoisotopic (exact) mass is 434 g/mol. The van der Waals surface area contributed by atoms with Gasteiger partial charge in [0.25, 0.3) is 0 Å². The molecule has 6 heteroatoms. The molecule has 2 fully saturated rings. The lowest BCUT2D eigenvalue weighted by molar-refractivity contribution is -0.125. The van der Waals surface area contributed by atoms with E-state index in [1.807, 2.05) is 34.0 Å². The van der Waals surface area contributed by atoms with Crippen molar-refractivity contribution in [2.75, 3.05) is 13.6 Å². The fraction of sp³-hybridized carbons (Fsp3) is 0.792. The zero-order valence-corrected chi connectivity index (χ0v) is 19.9. The summed E-state index contributed by atoms with van der Waals surface area (Å²) in [4.78, 5) is 31.2. The molecular weight excluding hydrogens is 396 g/mol. The molecule has 5 nitrogen and oxygen atoms in total. The summed E-state index contributed by atoms with van der Waals surface area (Å²) in [5, 5.41) is 3.33. The molecule has 0 unspecified atom stereocenters. The molecule has 0 bridgehead atoms. The average molecular weight is 435 g/mol. The van der Waals surface area contributed by atoms with Crippen molar-refractivity contribution in [1.29, 1.82) is 0 Å². The zero-order chi connectivity index (χ0) is 21.7. The topological polar surface area (TPSA) is 59.5 Å². The first-order chi connectivity index (χ1) is 14.2. The number of nitrogens with zero attached hydrogens (tertiary/aromatic N) is 2. The third-order valence-corrected chi connectivity index (χ3v) is 7.61. The smallest absolute Gasteiger partial charge is 0.410 e. The van der Waals surface area contributed by atoms with Gasteiger partial charge in [-0.05, 0) is 84.0 Å². The molecule has 1 amide bonds. The quantitative estimate of drug-likeness (QED) is 0.547. The van der Waals surface area contributed by atoms with Crippen LogP contribution in [-0.4, -0.2) is 41.0 Å². The fourth-order valence-corrected chi connectivity index (χ4v) is 5.78. The molecule has 1 aromatic heterocycles. The van der Waals surface area contributed by atoms with Crippen molar-refractivity contribution in [3.8, 4) is 0 Å². The van der Waals surface area contributed by atoms with Gasteiger partial charge in [-0.25, -0.2) is 9.78 Å². The van der Waals surface area contributed by atoms with Crippen LogP contribution in [0.3, 0.4) is 0 Å². The summed E-state index contributed by atoms with van der Waals surface area (Å²) in [6.07, 6.45) is 11.1. The van der Waals surface area contributed by atoms with Gasteiger partial charge in [0.05, 0.1) is 5.01 Å². The Morgan fingerprint density at radius 1 is 1.07 bits per heavy atom. The van der Waals surface area contributed by atoms with Crippen LogP contribution in [0.4, 0.5) is 4.79 Å². The third kappa shape index (κ3) is 6.79. The van der Waals surface area contributed by atoms with Crippen molar-refractivity contribution < 1.29 is 14.3 Å². The Hall–Kier alpha value is -1.43. The molecule has 0 aliphatic heterocycles. The number of thiazole rings is 1. The Morgan fingerprint density at radius 3 is 2.27 bits per heavy atom. The maximum absolute atomic E-state index is 12.9. The van der Waals surface area contributed by atoms with Crippen LogP contribution in [0.15, 0.2) is 11.6 Å². The van der Waals surface area contributed by atoms with Crippen LogP contribution >= 0.6 is 11.3 Å². The summed E-state index contributed by atoms with van der Waals surface area (Å²) in [5.74, 6) is 2.34. The number of amides is 1. The number of Topliss-reactive ketones (excluding diaryl/α,β-unsaturated/α-hetero) is 1. The van der Waals surface area contributed by atoms with E-state index in [1.165, 1.54) is 17.8 Å². The van der Waals surface area contributed by atoms with E-state index in [9.17, 15) is 9.59 Å². The Bertz CT molecular complexity index is 682. The Labute approximate surface area is 185 Å². The molecular formula is C24H38N2O3S. The van der Waals surface area contributed by atoms with Crippen molar-refractivity contribution in [3.05, 3.63) is 16.6 Å². The number of hydrogen-bond acceptors (Lipinski definition) is 5. The van der Waals surface area contributed by atoms with Gasteiger partial charge >= 0.3 is 6.09 Å². The van der Waals surface area contributed by atoms with Gasteiger partial charge in [-0.15, -0.1) is 11.3 Å². The van der Waals surface area contributed by atoms with Crippen LogP contribution in [0.1, 0.15) is 89.5 Å².